The molecule has 2 rings (SSSR count). The molecule has 0 aromatic heterocycles. The number of likely N-dealkylation sites (tertiary alicyclic amines) is 1. The molecule has 1 amide bonds. The fourth-order valence-corrected chi connectivity index (χ4v) is 3.42. The summed E-state index contributed by atoms with van der Waals surface area (Å²) in [6.07, 6.45) is 3.47. The SMILES string of the molecule is CNCCC1CCN(C(=O)C(C)(C)c2ccc(Br)cc2)CC1. The van der Waals surface area contributed by atoms with Crippen LogP contribution in [0.3, 0.4) is 0 Å². The number of hydrogen-bond donors (Lipinski definition) is 1. The summed E-state index contributed by atoms with van der Waals surface area (Å²) in [5.74, 6) is 1.01. The maximum Gasteiger partial charge on any atom is 0.232 e. The number of carbonyl (C=O) groups excluding carboxylic acids is 1. The van der Waals surface area contributed by atoms with Crippen LogP contribution in [0.5, 0.6) is 0 Å². The van der Waals surface area contributed by atoms with Crippen LogP contribution in [0.25, 0.3) is 0 Å². The fraction of sp³-hybridized carbons (Fsp3) is 0.611. The lowest BCUT2D eigenvalue weighted by Crippen LogP contribution is -2.47. The zero-order valence-electron chi connectivity index (χ0n) is 13.9. The van der Waals surface area contributed by atoms with Crippen LogP contribution in [-0.2, 0) is 10.2 Å². The summed E-state index contributed by atoms with van der Waals surface area (Å²) in [6.45, 7) is 6.93. The van der Waals surface area contributed by atoms with E-state index in [0.717, 1.165) is 48.4 Å². The number of piperidine rings is 1. The van der Waals surface area contributed by atoms with Crippen molar-refractivity contribution in [3.63, 3.8) is 0 Å². The Morgan fingerprint density at radius 2 is 1.86 bits per heavy atom. The molecular formula is C18H27BrN2O. The molecule has 0 saturated carbocycles. The Morgan fingerprint density at radius 3 is 2.41 bits per heavy atom. The molecule has 1 saturated heterocycles. The van der Waals surface area contributed by atoms with E-state index in [0.29, 0.717) is 0 Å². The predicted molar refractivity (Wildman–Crippen MR) is 95.0 cm³/mol. The molecule has 0 radical (unpaired) electrons. The Kier molecular flexibility index (Phi) is 6.04. The van der Waals surface area contributed by atoms with Crippen LogP contribution < -0.4 is 5.32 Å². The van der Waals surface area contributed by atoms with Crippen molar-refractivity contribution in [2.45, 2.75) is 38.5 Å². The van der Waals surface area contributed by atoms with Gasteiger partial charge in [0.15, 0.2) is 0 Å². The molecule has 1 N–H and O–H groups in total. The molecule has 4 heteroatoms. The number of nitrogens with zero attached hydrogens (tertiary/aromatic N) is 1. The minimum atomic E-state index is -0.460. The first-order valence-electron chi connectivity index (χ1n) is 8.15. The van der Waals surface area contributed by atoms with Gasteiger partial charge in [-0.2, -0.15) is 0 Å². The van der Waals surface area contributed by atoms with E-state index in [1.165, 1.54) is 6.42 Å². The van der Waals surface area contributed by atoms with Crippen LogP contribution >= 0.6 is 15.9 Å². The molecule has 0 unspecified atom stereocenters. The third-order valence-electron chi connectivity index (χ3n) is 4.80. The van der Waals surface area contributed by atoms with E-state index < -0.39 is 5.41 Å². The van der Waals surface area contributed by atoms with Crippen molar-refractivity contribution in [2.24, 2.45) is 5.92 Å². The van der Waals surface area contributed by atoms with Crippen molar-refractivity contribution in [3.05, 3.63) is 34.3 Å². The van der Waals surface area contributed by atoms with E-state index in [1.807, 2.05) is 45.2 Å². The molecule has 1 aromatic carbocycles. The zero-order chi connectivity index (χ0) is 16.2. The van der Waals surface area contributed by atoms with Gasteiger partial charge in [-0.05, 0) is 70.3 Å². The molecule has 1 aliphatic heterocycles. The van der Waals surface area contributed by atoms with Gasteiger partial charge >= 0.3 is 0 Å². The van der Waals surface area contributed by atoms with Crippen LogP contribution in [0.1, 0.15) is 38.7 Å². The van der Waals surface area contributed by atoms with Gasteiger partial charge in [-0.3, -0.25) is 4.79 Å². The molecule has 22 heavy (non-hydrogen) atoms. The molecule has 3 nitrogen and oxygen atoms in total. The lowest BCUT2D eigenvalue weighted by atomic mass is 9.82. The largest absolute Gasteiger partial charge is 0.342 e. The molecule has 1 aromatic rings. The summed E-state index contributed by atoms with van der Waals surface area (Å²) in [5, 5.41) is 3.21. The van der Waals surface area contributed by atoms with E-state index in [-0.39, 0.29) is 5.91 Å². The second kappa shape index (κ2) is 7.60. The molecule has 1 aliphatic rings. The highest BCUT2D eigenvalue weighted by Gasteiger charge is 2.35. The summed E-state index contributed by atoms with van der Waals surface area (Å²) in [4.78, 5) is 15.0. The Bertz CT molecular complexity index is 490. The van der Waals surface area contributed by atoms with Gasteiger partial charge in [-0.1, -0.05) is 28.1 Å². The van der Waals surface area contributed by atoms with E-state index >= 15 is 0 Å². The van der Waals surface area contributed by atoms with E-state index in [9.17, 15) is 4.79 Å². The van der Waals surface area contributed by atoms with Gasteiger partial charge in [0.05, 0.1) is 5.41 Å². The van der Waals surface area contributed by atoms with Crippen molar-refractivity contribution in [2.75, 3.05) is 26.7 Å². The summed E-state index contributed by atoms with van der Waals surface area (Å²) in [7, 11) is 2.00. The predicted octanol–water partition coefficient (Wildman–Crippen LogP) is 3.57. The molecule has 0 aliphatic carbocycles. The summed E-state index contributed by atoms with van der Waals surface area (Å²) in [5.41, 5.74) is 0.622. The second-order valence-electron chi connectivity index (χ2n) is 6.76. The number of halogens is 1. The van der Waals surface area contributed by atoms with Crippen molar-refractivity contribution < 1.29 is 4.79 Å². The van der Waals surface area contributed by atoms with E-state index in [4.69, 9.17) is 0 Å². The number of benzene rings is 1. The quantitative estimate of drug-likeness (QED) is 0.863. The highest BCUT2D eigenvalue weighted by Crippen LogP contribution is 2.29. The first kappa shape index (κ1) is 17.5. The van der Waals surface area contributed by atoms with Gasteiger partial charge in [0.2, 0.25) is 5.91 Å². The van der Waals surface area contributed by atoms with Gasteiger partial charge < -0.3 is 10.2 Å². The lowest BCUT2D eigenvalue weighted by molar-refractivity contribution is -0.137. The van der Waals surface area contributed by atoms with Crippen LogP contribution in [0.15, 0.2) is 28.7 Å². The maximum absolute atomic E-state index is 12.9. The van der Waals surface area contributed by atoms with Gasteiger partial charge in [-0.15, -0.1) is 0 Å². The highest BCUT2D eigenvalue weighted by atomic mass is 79.9. The van der Waals surface area contributed by atoms with Crippen molar-refractivity contribution in [3.8, 4) is 0 Å². The number of carbonyl (C=O) groups is 1. The van der Waals surface area contributed by atoms with Gasteiger partial charge in [0.1, 0.15) is 0 Å². The van der Waals surface area contributed by atoms with Crippen molar-refractivity contribution >= 4 is 21.8 Å². The molecular weight excluding hydrogens is 340 g/mol. The third-order valence-corrected chi connectivity index (χ3v) is 5.33. The minimum absolute atomic E-state index is 0.252. The number of hydrogen-bond acceptors (Lipinski definition) is 2. The summed E-state index contributed by atoms with van der Waals surface area (Å²) < 4.78 is 1.05. The van der Waals surface area contributed by atoms with Crippen molar-refractivity contribution in [1.82, 2.24) is 10.2 Å². The first-order chi connectivity index (χ1) is 10.4. The summed E-state index contributed by atoms with van der Waals surface area (Å²) >= 11 is 3.45. The number of nitrogens with one attached hydrogen (secondary N) is 1. The third kappa shape index (κ3) is 4.11. The molecule has 1 fully saturated rings. The van der Waals surface area contributed by atoms with E-state index in [2.05, 4.69) is 26.1 Å². The van der Waals surface area contributed by atoms with E-state index in [1.54, 1.807) is 0 Å². The first-order valence-corrected chi connectivity index (χ1v) is 8.94. The van der Waals surface area contributed by atoms with Crippen LogP contribution in [0.2, 0.25) is 0 Å². The normalized spacial score (nSPS) is 16.8. The number of amides is 1. The van der Waals surface area contributed by atoms with Crippen LogP contribution in [0.4, 0.5) is 0 Å². The smallest absolute Gasteiger partial charge is 0.232 e. The average molecular weight is 367 g/mol. The Hall–Kier alpha value is -0.870. The molecule has 0 bridgehead atoms. The lowest BCUT2D eigenvalue weighted by Gasteiger charge is -2.37. The van der Waals surface area contributed by atoms with Crippen molar-refractivity contribution in [1.29, 1.82) is 0 Å². The Labute approximate surface area is 142 Å². The monoisotopic (exact) mass is 366 g/mol. The highest BCUT2D eigenvalue weighted by molar-refractivity contribution is 9.10. The molecule has 0 spiro atoms. The summed E-state index contributed by atoms with van der Waals surface area (Å²) in [6, 6.07) is 8.10. The van der Waals surface area contributed by atoms with Gasteiger partial charge in [0.25, 0.3) is 0 Å². The standard InChI is InChI=1S/C18H27BrN2O/c1-18(2,15-4-6-16(19)7-5-15)17(22)21-12-9-14(10-13-21)8-11-20-3/h4-7,14,20H,8-13H2,1-3H3. The van der Waals surface area contributed by atoms with Gasteiger partial charge in [-0.25, -0.2) is 0 Å². The topological polar surface area (TPSA) is 32.3 Å². The maximum atomic E-state index is 12.9. The van der Waals surface area contributed by atoms with Crippen LogP contribution in [0, 0.1) is 5.92 Å². The molecule has 0 atom stereocenters. The minimum Gasteiger partial charge on any atom is -0.342 e. The zero-order valence-corrected chi connectivity index (χ0v) is 15.4. The Balaban J connectivity index is 1.98. The molecule has 1 heterocycles. The molecule has 122 valence electrons. The van der Waals surface area contributed by atoms with Gasteiger partial charge in [0, 0.05) is 17.6 Å². The van der Waals surface area contributed by atoms with Crippen LogP contribution in [-0.4, -0.2) is 37.5 Å². The Morgan fingerprint density at radius 1 is 1.27 bits per heavy atom. The fourth-order valence-electron chi connectivity index (χ4n) is 3.16. The average Bonchev–Trinajstić information content (AvgIpc) is 2.53. The number of rotatable bonds is 5. The second-order valence-corrected chi connectivity index (χ2v) is 7.68.